The van der Waals surface area contributed by atoms with E-state index >= 15 is 0 Å². The zero-order chi connectivity index (χ0) is 34.1. The summed E-state index contributed by atoms with van der Waals surface area (Å²) >= 11 is 0. The summed E-state index contributed by atoms with van der Waals surface area (Å²) in [5, 5.41) is 16.5. The first kappa shape index (κ1) is 30.2. The molecule has 0 spiro atoms. The molecule has 0 fully saturated rings. The Labute approximate surface area is 296 Å². The van der Waals surface area contributed by atoms with Crippen molar-refractivity contribution < 1.29 is 5.11 Å². The fraction of sp³-hybridized carbons (Fsp3) is 0. The molecule has 0 bridgehead atoms. The maximum Gasteiger partial charge on any atom is 0.164 e. The van der Waals surface area contributed by atoms with Gasteiger partial charge in [0.05, 0.1) is 0 Å². The van der Waals surface area contributed by atoms with Gasteiger partial charge in [0.15, 0.2) is 17.5 Å². The van der Waals surface area contributed by atoms with Crippen molar-refractivity contribution >= 4 is 21.5 Å². The van der Waals surface area contributed by atoms with Crippen molar-refractivity contribution in [2.45, 2.75) is 0 Å². The third kappa shape index (κ3) is 5.69. The largest absolute Gasteiger partial charge is 0.507 e. The van der Waals surface area contributed by atoms with Gasteiger partial charge in [-0.15, -0.1) is 0 Å². The molecule has 0 unspecified atom stereocenters. The standard InChI is InChI=1S/C47H31N3O/c51-43-30-37(41-24-12-20-32-14-8-10-22-39(32)41)29-42(44(43)34-15-3-1-4-16-34)47-49-45(35-17-5-2-6-18-35)48-46(50-47)36-27-25-33(26-28-36)40-23-11-19-31-13-7-9-21-38(31)40/h1-30,51H. The molecule has 4 heteroatoms. The van der Waals surface area contributed by atoms with E-state index in [4.69, 9.17) is 15.0 Å². The Balaban J connectivity index is 1.25. The summed E-state index contributed by atoms with van der Waals surface area (Å²) in [7, 11) is 0. The lowest BCUT2D eigenvalue weighted by molar-refractivity contribution is 0.478. The van der Waals surface area contributed by atoms with Crippen LogP contribution in [-0.4, -0.2) is 20.1 Å². The number of hydrogen-bond acceptors (Lipinski definition) is 4. The van der Waals surface area contributed by atoms with Crippen LogP contribution in [0.3, 0.4) is 0 Å². The van der Waals surface area contributed by atoms with E-state index in [1.54, 1.807) is 0 Å². The SMILES string of the molecule is Oc1cc(-c2cccc3ccccc23)cc(-c2nc(-c3ccccc3)nc(-c3ccc(-c4cccc5ccccc45)cc3)n2)c1-c1ccccc1. The molecule has 8 aromatic carbocycles. The maximum atomic E-state index is 11.8. The van der Waals surface area contributed by atoms with Crippen LogP contribution in [0.5, 0.6) is 5.75 Å². The van der Waals surface area contributed by atoms with Gasteiger partial charge in [-0.25, -0.2) is 15.0 Å². The zero-order valence-corrected chi connectivity index (χ0v) is 27.6. The number of phenols is 1. The lowest BCUT2D eigenvalue weighted by atomic mass is 9.91. The second-order valence-corrected chi connectivity index (χ2v) is 12.6. The maximum absolute atomic E-state index is 11.8. The minimum absolute atomic E-state index is 0.157. The Bertz CT molecular complexity index is 2680. The first-order valence-electron chi connectivity index (χ1n) is 17.0. The molecule has 0 radical (unpaired) electrons. The number of rotatable bonds is 6. The van der Waals surface area contributed by atoms with Crippen molar-refractivity contribution in [1.82, 2.24) is 15.0 Å². The van der Waals surface area contributed by atoms with Crippen molar-refractivity contribution in [2.24, 2.45) is 0 Å². The predicted octanol–water partition coefficient (Wildman–Crippen LogP) is 11.9. The van der Waals surface area contributed by atoms with Crippen LogP contribution >= 0.6 is 0 Å². The second-order valence-electron chi connectivity index (χ2n) is 12.6. The molecule has 0 atom stereocenters. The summed E-state index contributed by atoms with van der Waals surface area (Å²) in [6, 6.07) is 61.7. The molecule has 9 rings (SSSR count). The number of nitrogens with zero attached hydrogens (tertiary/aromatic N) is 3. The summed E-state index contributed by atoms with van der Waals surface area (Å²) in [5.74, 6) is 1.75. The van der Waals surface area contributed by atoms with Crippen molar-refractivity contribution in [3.05, 3.63) is 182 Å². The first-order chi connectivity index (χ1) is 25.2. The topological polar surface area (TPSA) is 58.9 Å². The summed E-state index contributed by atoms with van der Waals surface area (Å²) in [6.45, 7) is 0. The summed E-state index contributed by atoms with van der Waals surface area (Å²) < 4.78 is 0. The Kier molecular flexibility index (Phi) is 7.60. The van der Waals surface area contributed by atoms with E-state index in [0.29, 0.717) is 23.0 Å². The van der Waals surface area contributed by atoms with Crippen molar-refractivity contribution in [1.29, 1.82) is 0 Å². The Morgan fingerprint density at radius 3 is 1.37 bits per heavy atom. The van der Waals surface area contributed by atoms with Crippen LogP contribution in [0.15, 0.2) is 182 Å². The Hall–Kier alpha value is -6.91. The molecule has 0 saturated heterocycles. The highest BCUT2D eigenvalue weighted by molar-refractivity contribution is 6.00. The van der Waals surface area contributed by atoms with E-state index in [-0.39, 0.29) is 5.75 Å². The van der Waals surface area contributed by atoms with Crippen LogP contribution in [0.1, 0.15) is 0 Å². The normalized spacial score (nSPS) is 11.2. The highest BCUT2D eigenvalue weighted by Crippen LogP contribution is 2.43. The average molecular weight is 654 g/mol. The highest BCUT2D eigenvalue weighted by Gasteiger charge is 2.21. The van der Waals surface area contributed by atoms with Gasteiger partial charge < -0.3 is 5.11 Å². The van der Waals surface area contributed by atoms with Crippen LogP contribution in [0.25, 0.3) is 89.1 Å². The van der Waals surface area contributed by atoms with Crippen LogP contribution in [0, 0.1) is 0 Å². The van der Waals surface area contributed by atoms with Gasteiger partial charge in [-0.05, 0) is 61.5 Å². The van der Waals surface area contributed by atoms with Crippen LogP contribution in [0.2, 0.25) is 0 Å². The molecule has 1 aromatic heterocycles. The van der Waals surface area contributed by atoms with E-state index < -0.39 is 0 Å². The predicted molar refractivity (Wildman–Crippen MR) is 209 cm³/mol. The zero-order valence-electron chi connectivity index (χ0n) is 27.6. The van der Waals surface area contributed by atoms with Crippen molar-refractivity contribution in [3.63, 3.8) is 0 Å². The first-order valence-corrected chi connectivity index (χ1v) is 17.0. The number of aromatic hydroxyl groups is 1. The molecule has 0 aliphatic rings. The van der Waals surface area contributed by atoms with E-state index in [2.05, 4.69) is 103 Å². The summed E-state index contributed by atoms with van der Waals surface area (Å²) in [5.41, 5.74) is 8.20. The quantitative estimate of drug-likeness (QED) is 0.194. The Morgan fingerprint density at radius 2 is 0.765 bits per heavy atom. The van der Waals surface area contributed by atoms with Gasteiger partial charge in [0.2, 0.25) is 0 Å². The molecule has 0 saturated carbocycles. The van der Waals surface area contributed by atoms with E-state index in [1.807, 2.05) is 78.9 Å². The van der Waals surface area contributed by atoms with Gasteiger partial charge in [-0.2, -0.15) is 0 Å². The van der Waals surface area contributed by atoms with Gasteiger partial charge in [-0.1, -0.05) is 170 Å². The molecule has 240 valence electrons. The molecule has 0 amide bonds. The number of aromatic nitrogens is 3. The van der Waals surface area contributed by atoms with Gasteiger partial charge in [0.25, 0.3) is 0 Å². The van der Waals surface area contributed by atoms with Crippen molar-refractivity contribution in [2.75, 3.05) is 0 Å². The smallest absolute Gasteiger partial charge is 0.164 e. The summed E-state index contributed by atoms with van der Waals surface area (Å²) in [4.78, 5) is 15.2. The Morgan fingerprint density at radius 1 is 0.314 bits per heavy atom. The fourth-order valence-corrected chi connectivity index (χ4v) is 6.96. The van der Waals surface area contributed by atoms with Gasteiger partial charge >= 0.3 is 0 Å². The molecule has 9 aromatic rings. The molecular weight excluding hydrogens is 623 g/mol. The molecular formula is C47H31N3O. The number of benzene rings is 8. The lowest BCUT2D eigenvalue weighted by Crippen LogP contribution is -2.01. The van der Waals surface area contributed by atoms with Gasteiger partial charge in [-0.3, -0.25) is 0 Å². The third-order valence-electron chi connectivity index (χ3n) is 9.43. The molecule has 0 aliphatic carbocycles. The number of phenolic OH excluding ortho intramolecular Hbond substituents is 1. The van der Waals surface area contributed by atoms with Crippen LogP contribution < -0.4 is 0 Å². The summed E-state index contributed by atoms with van der Waals surface area (Å²) in [6.07, 6.45) is 0. The monoisotopic (exact) mass is 653 g/mol. The van der Waals surface area contributed by atoms with E-state index in [1.165, 1.54) is 16.3 Å². The van der Waals surface area contributed by atoms with Crippen LogP contribution in [-0.2, 0) is 0 Å². The second kappa shape index (κ2) is 12.8. The van der Waals surface area contributed by atoms with Crippen LogP contribution in [0.4, 0.5) is 0 Å². The minimum atomic E-state index is 0.157. The number of hydrogen-bond donors (Lipinski definition) is 1. The van der Waals surface area contributed by atoms with E-state index in [0.717, 1.165) is 49.7 Å². The third-order valence-corrected chi connectivity index (χ3v) is 9.43. The van der Waals surface area contributed by atoms with Crippen molar-refractivity contribution in [3.8, 4) is 73.3 Å². The van der Waals surface area contributed by atoms with E-state index in [9.17, 15) is 5.11 Å². The van der Waals surface area contributed by atoms with Gasteiger partial charge in [0, 0.05) is 22.3 Å². The molecule has 51 heavy (non-hydrogen) atoms. The number of fused-ring (bicyclic) bond motifs is 2. The van der Waals surface area contributed by atoms with Gasteiger partial charge in [0.1, 0.15) is 5.75 Å². The molecule has 4 nitrogen and oxygen atoms in total. The minimum Gasteiger partial charge on any atom is -0.507 e. The molecule has 0 aliphatic heterocycles. The average Bonchev–Trinajstić information content (AvgIpc) is 3.20. The highest BCUT2D eigenvalue weighted by atomic mass is 16.3. The molecule has 1 heterocycles. The fourth-order valence-electron chi connectivity index (χ4n) is 6.96. The molecule has 1 N–H and O–H groups in total. The lowest BCUT2D eigenvalue weighted by Gasteiger charge is -2.16.